The molecule has 88 valence electrons. The number of ether oxygens (including phenoxy) is 2. The van der Waals surface area contributed by atoms with Gasteiger partial charge in [0.1, 0.15) is 11.9 Å². The smallest absolute Gasteiger partial charge is 0.213 e. The molecule has 2 heterocycles. The molecule has 2 rings (SSSR count). The predicted octanol–water partition coefficient (Wildman–Crippen LogP) is 1.43. The number of likely N-dealkylation sites (tertiary alicyclic amines) is 1. The number of thiol groups is 1. The first kappa shape index (κ1) is 11.5. The second-order valence-corrected chi connectivity index (χ2v) is 4.61. The van der Waals surface area contributed by atoms with Gasteiger partial charge in [0.2, 0.25) is 5.88 Å². The number of nitrogens with zero attached hydrogens (tertiary/aromatic N) is 2. The lowest BCUT2D eigenvalue weighted by Gasteiger charge is -2.41. The lowest BCUT2D eigenvalue weighted by atomic mass is 10.2. The van der Waals surface area contributed by atoms with E-state index in [1.807, 2.05) is 6.07 Å². The molecule has 0 aliphatic carbocycles. The third-order valence-corrected chi connectivity index (χ3v) is 2.95. The zero-order valence-electron chi connectivity index (χ0n) is 9.46. The highest BCUT2D eigenvalue weighted by Gasteiger charge is 2.30. The Kier molecular flexibility index (Phi) is 3.56. The van der Waals surface area contributed by atoms with Gasteiger partial charge in [0.25, 0.3) is 0 Å². The molecule has 0 saturated carbocycles. The molecule has 1 saturated heterocycles. The van der Waals surface area contributed by atoms with E-state index in [0.29, 0.717) is 11.3 Å². The number of rotatable bonds is 4. The normalized spacial score (nSPS) is 18.9. The van der Waals surface area contributed by atoms with Gasteiger partial charge < -0.3 is 9.47 Å². The Morgan fingerprint density at radius 2 is 2.25 bits per heavy atom. The summed E-state index contributed by atoms with van der Waals surface area (Å²) in [4.78, 5) is 6.33. The zero-order valence-corrected chi connectivity index (χ0v) is 10.4. The Morgan fingerprint density at radius 3 is 2.75 bits per heavy atom. The van der Waals surface area contributed by atoms with E-state index in [4.69, 9.17) is 9.47 Å². The zero-order chi connectivity index (χ0) is 11.5. The molecular weight excluding hydrogens is 224 g/mol. The van der Waals surface area contributed by atoms with Crippen LogP contribution >= 0.6 is 12.6 Å². The van der Waals surface area contributed by atoms with Crippen molar-refractivity contribution < 1.29 is 9.47 Å². The minimum Gasteiger partial charge on any atom is -0.486 e. The van der Waals surface area contributed by atoms with Crippen LogP contribution < -0.4 is 9.47 Å². The highest BCUT2D eigenvalue weighted by molar-refractivity contribution is 7.80. The van der Waals surface area contributed by atoms with Crippen LogP contribution in [-0.2, 0) is 0 Å². The fourth-order valence-electron chi connectivity index (χ4n) is 1.60. The van der Waals surface area contributed by atoms with Crippen LogP contribution in [0.3, 0.4) is 0 Å². The minimum absolute atomic E-state index is 0.254. The molecule has 0 aromatic carbocycles. The molecule has 5 heteroatoms. The number of methoxy groups -OCH3 is 1. The van der Waals surface area contributed by atoms with Crippen LogP contribution in [-0.4, -0.2) is 41.6 Å². The topological polar surface area (TPSA) is 34.6 Å². The van der Waals surface area contributed by atoms with Gasteiger partial charge in [-0.1, -0.05) is 0 Å². The maximum absolute atomic E-state index is 5.74. The summed E-state index contributed by atoms with van der Waals surface area (Å²) in [6.07, 6.45) is 1.94. The molecule has 1 aromatic heterocycles. The molecule has 0 spiro atoms. The monoisotopic (exact) mass is 240 g/mol. The van der Waals surface area contributed by atoms with E-state index in [-0.39, 0.29) is 6.10 Å². The standard InChI is InChI=1S/C11H16N2O2S/c1-8(16)13-6-10(7-13)15-9-3-4-11(14-2)12-5-9/h3-5,8,10,16H,6-7H2,1-2H3. The van der Waals surface area contributed by atoms with Crippen molar-refractivity contribution in [1.29, 1.82) is 0 Å². The first-order chi connectivity index (χ1) is 7.69. The third-order valence-electron chi connectivity index (χ3n) is 2.63. The lowest BCUT2D eigenvalue weighted by molar-refractivity contribution is 0.0161. The van der Waals surface area contributed by atoms with Gasteiger partial charge >= 0.3 is 0 Å². The Bertz CT molecular complexity index is 336. The summed E-state index contributed by atoms with van der Waals surface area (Å²) in [5.41, 5.74) is 0. The molecule has 1 atom stereocenters. The summed E-state index contributed by atoms with van der Waals surface area (Å²) in [7, 11) is 1.60. The molecule has 1 aromatic rings. The van der Waals surface area contributed by atoms with Gasteiger partial charge in [-0.2, -0.15) is 12.6 Å². The van der Waals surface area contributed by atoms with E-state index >= 15 is 0 Å². The van der Waals surface area contributed by atoms with E-state index < -0.39 is 0 Å². The van der Waals surface area contributed by atoms with Crippen LogP contribution in [0.5, 0.6) is 11.6 Å². The third kappa shape index (κ3) is 2.59. The number of hydrogen-bond acceptors (Lipinski definition) is 5. The van der Waals surface area contributed by atoms with Gasteiger partial charge in [0, 0.05) is 19.2 Å². The van der Waals surface area contributed by atoms with Crippen molar-refractivity contribution in [1.82, 2.24) is 9.88 Å². The van der Waals surface area contributed by atoms with Crippen LogP contribution in [0, 0.1) is 0 Å². The first-order valence-electron chi connectivity index (χ1n) is 5.28. The van der Waals surface area contributed by atoms with Gasteiger partial charge in [-0.05, 0) is 13.0 Å². The van der Waals surface area contributed by atoms with Crippen LogP contribution in [0.1, 0.15) is 6.92 Å². The molecule has 1 aliphatic rings. The van der Waals surface area contributed by atoms with Gasteiger partial charge in [-0.15, -0.1) is 0 Å². The molecule has 0 N–H and O–H groups in total. The molecule has 0 amide bonds. The van der Waals surface area contributed by atoms with Crippen molar-refractivity contribution >= 4 is 12.6 Å². The molecule has 4 nitrogen and oxygen atoms in total. The Morgan fingerprint density at radius 1 is 1.50 bits per heavy atom. The van der Waals surface area contributed by atoms with Crippen LogP contribution in [0.25, 0.3) is 0 Å². The maximum Gasteiger partial charge on any atom is 0.213 e. The van der Waals surface area contributed by atoms with E-state index in [1.165, 1.54) is 0 Å². The SMILES string of the molecule is COc1ccc(OC2CN(C(C)S)C2)cn1. The van der Waals surface area contributed by atoms with Crippen molar-refractivity contribution in [2.75, 3.05) is 20.2 Å². The van der Waals surface area contributed by atoms with Gasteiger partial charge in [-0.25, -0.2) is 4.98 Å². The molecule has 0 bridgehead atoms. The maximum atomic E-state index is 5.74. The summed E-state index contributed by atoms with van der Waals surface area (Å²) in [6.45, 7) is 3.92. The van der Waals surface area contributed by atoms with E-state index in [1.54, 1.807) is 19.4 Å². The lowest BCUT2D eigenvalue weighted by Crippen LogP contribution is -2.55. The molecule has 1 fully saturated rings. The van der Waals surface area contributed by atoms with Crippen LogP contribution in [0.2, 0.25) is 0 Å². The second kappa shape index (κ2) is 4.93. The van der Waals surface area contributed by atoms with Gasteiger partial charge in [0.15, 0.2) is 0 Å². The Hall–Kier alpha value is -0.940. The van der Waals surface area contributed by atoms with E-state index in [0.717, 1.165) is 18.8 Å². The van der Waals surface area contributed by atoms with Crippen molar-refractivity contribution in [2.24, 2.45) is 0 Å². The molecule has 1 aliphatic heterocycles. The average Bonchev–Trinajstić information content (AvgIpc) is 2.23. The first-order valence-corrected chi connectivity index (χ1v) is 5.79. The average molecular weight is 240 g/mol. The molecule has 0 radical (unpaired) electrons. The number of pyridine rings is 1. The molecular formula is C11H16N2O2S. The summed E-state index contributed by atoms with van der Waals surface area (Å²) in [6, 6.07) is 3.67. The summed E-state index contributed by atoms with van der Waals surface area (Å²) in [5.74, 6) is 1.39. The quantitative estimate of drug-likeness (QED) is 0.807. The summed E-state index contributed by atoms with van der Waals surface area (Å²) >= 11 is 4.36. The Labute approximate surface area is 101 Å². The Balaban J connectivity index is 1.82. The predicted molar refractivity (Wildman–Crippen MR) is 65.2 cm³/mol. The van der Waals surface area contributed by atoms with Gasteiger partial charge in [0.05, 0.1) is 18.7 Å². The van der Waals surface area contributed by atoms with Gasteiger partial charge in [-0.3, -0.25) is 4.90 Å². The second-order valence-electron chi connectivity index (χ2n) is 3.86. The van der Waals surface area contributed by atoms with Crippen LogP contribution in [0.4, 0.5) is 0 Å². The fourth-order valence-corrected chi connectivity index (χ4v) is 1.79. The van der Waals surface area contributed by atoms with Crippen molar-refractivity contribution in [3.05, 3.63) is 18.3 Å². The summed E-state index contributed by atoms with van der Waals surface area (Å²) in [5, 5.41) is 0.300. The largest absolute Gasteiger partial charge is 0.486 e. The fraction of sp³-hybridized carbons (Fsp3) is 0.545. The highest BCUT2D eigenvalue weighted by atomic mass is 32.1. The highest BCUT2D eigenvalue weighted by Crippen LogP contribution is 2.21. The van der Waals surface area contributed by atoms with Crippen LogP contribution in [0.15, 0.2) is 18.3 Å². The number of hydrogen-bond donors (Lipinski definition) is 1. The van der Waals surface area contributed by atoms with Crippen molar-refractivity contribution in [2.45, 2.75) is 18.4 Å². The molecule has 1 unspecified atom stereocenters. The summed E-state index contributed by atoms with van der Waals surface area (Å²) < 4.78 is 10.7. The van der Waals surface area contributed by atoms with Crippen molar-refractivity contribution in [3.8, 4) is 11.6 Å². The van der Waals surface area contributed by atoms with E-state index in [2.05, 4.69) is 29.4 Å². The molecule has 16 heavy (non-hydrogen) atoms. The number of aromatic nitrogens is 1. The van der Waals surface area contributed by atoms with Crippen molar-refractivity contribution in [3.63, 3.8) is 0 Å². The van der Waals surface area contributed by atoms with E-state index in [9.17, 15) is 0 Å². The minimum atomic E-state index is 0.254.